The van der Waals surface area contributed by atoms with Crippen LogP contribution in [0.25, 0.3) is 11.1 Å². The summed E-state index contributed by atoms with van der Waals surface area (Å²) in [5.74, 6) is -0.840. The number of aromatic hydroxyl groups is 1. The van der Waals surface area contributed by atoms with Crippen LogP contribution in [0.5, 0.6) is 5.75 Å². The van der Waals surface area contributed by atoms with Gasteiger partial charge in [0.1, 0.15) is 11.6 Å². The van der Waals surface area contributed by atoms with E-state index < -0.39 is 5.82 Å². The summed E-state index contributed by atoms with van der Waals surface area (Å²) in [6.45, 7) is 0. The molecule has 1 aromatic carbocycles. The molecule has 1 aromatic heterocycles. The predicted molar refractivity (Wildman–Crippen MR) is 53.0 cm³/mol. The molecule has 2 aromatic rings. The lowest BCUT2D eigenvalue weighted by atomic mass is 10.1. The van der Waals surface area contributed by atoms with Crippen molar-refractivity contribution in [3.63, 3.8) is 0 Å². The van der Waals surface area contributed by atoms with E-state index in [1.165, 1.54) is 6.20 Å². The molecule has 0 radical (unpaired) electrons. The highest BCUT2D eigenvalue weighted by molar-refractivity contribution is 6.32. The maximum atomic E-state index is 13.0. The number of benzene rings is 1. The Morgan fingerprint density at radius 2 is 2.13 bits per heavy atom. The monoisotopic (exact) mass is 228 g/mol. The average Bonchev–Trinajstić information content (AvgIpc) is 2.58. The van der Waals surface area contributed by atoms with Gasteiger partial charge in [-0.2, -0.15) is 0 Å². The van der Waals surface area contributed by atoms with Crippen molar-refractivity contribution in [2.45, 2.75) is 0 Å². The van der Waals surface area contributed by atoms with Crippen LogP contribution in [-0.4, -0.2) is 10.3 Å². The van der Waals surface area contributed by atoms with Crippen LogP contribution < -0.4 is 5.73 Å². The highest BCUT2D eigenvalue weighted by Crippen LogP contribution is 2.38. The van der Waals surface area contributed by atoms with Gasteiger partial charge in [-0.05, 0) is 12.1 Å². The fourth-order valence-corrected chi connectivity index (χ4v) is 1.43. The maximum absolute atomic E-state index is 13.0. The SMILES string of the molecule is Nc1oncc1-c1cc(F)cc(Cl)c1O. The minimum atomic E-state index is -0.576. The van der Waals surface area contributed by atoms with Gasteiger partial charge < -0.3 is 15.4 Å². The van der Waals surface area contributed by atoms with E-state index in [1.54, 1.807) is 0 Å². The topological polar surface area (TPSA) is 72.3 Å². The minimum Gasteiger partial charge on any atom is -0.506 e. The standard InChI is InChI=1S/C9H6ClFN2O2/c10-7-2-4(11)1-5(8(7)14)6-3-13-15-9(6)12/h1-3,14H,12H2. The van der Waals surface area contributed by atoms with Gasteiger partial charge >= 0.3 is 0 Å². The molecule has 0 fully saturated rings. The van der Waals surface area contributed by atoms with E-state index in [-0.39, 0.29) is 22.2 Å². The predicted octanol–water partition coefficient (Wildman–Crippen LogP) is 2.42. The zero-order valence-corrected chi connectivity index (χ0v) is 8.12. The van der Waals surface area contributed by atoms with E-state index >= 15 is 0 Å². The second-order valence-corrected chi connectivity index (χ2v) is 3.29. The molecule has 0 aliphatic rings. The molecule has 0 aliphatic heterocycles. The summed E-state index contributed by atoms with van der Waals surface area (Å²) in [7, 11) is 0. The summed E-state index contributed by atoms with van der Waals surface area (Å²) in [5, 5.41) is 12.9. The Morgan fingerprint density at radius 3 is 2.73 bits per heavy atom. The molecule has 1 heterocycles. The van der Waals surface area contributed by atoms with Crippen LogP contribution in [-0.2, 0) is 0 Å². The second kappa shape index (κ2) is 3.43. The first-order valence-corrected chi connectivity index (χ1v) is 4.36. The molecule has 0 unspecified atom stereocenters. The molecule has 0 spiro atoms. The van der Waals surface area contributed by atoms with E-state index in [0.717, 1.165) is 12.1 Å². The van der Waals surface area contributed by atoms with Crippen molar-refractivity contribution in [3.8, 4) is 16.9 Å². The number of hydrogen-bond donors (Lipinski definition) is 2. The highest BCUT2D eigenvalue weighted by atomic mass is 35.5. The van der Waals surface area contributed by atoms with Gasteiger partial charge in [0.15, 0.2) is 0 Å². The molecule has 0 atom stereocenters. The van der Waals surface area contributed by atoms with Crippen molar-refractivity contribution in [1.82, 2.24) is 5.16 Å². The summed E-state index contributed by atoms with van der Waals surface area (Å²) < 4.78 is 17.6. The van der Waals surface area contributed by atoms with Gasteiger partial charge in [-0.1, -0.05) is 16.8 Å². The number of rotatable bonds is 1. The second-order valence-electron chi connectivity index (χ2n) is 2.89. The highest BCUT2D eigenvalue weighted by Gasteiger charge is 2.15. The summed E-state index contributed by atoms with van der Waals surface area (Å²) in [6.07, 6.45) is 1.28. The fourth-order valence-electron chi connectivity index (χ4n) is 1.22. The lowest BCUT2D eigenvalue weighted by Crippen LogP contribution is -1.87. The zero-order valence-electron chi connectivity index (χ0n) is 7.37. The molecule has 0 aliphatic carbocycles. The molecule has 3 N–H and O–H groups in total. The lowest BCUT2D eigenvalue weighted by Gasteiger charge is -2.04. The van der Waals surface area contributed by atoms with Crippen LogP contribution in [0.4, 0.5) is 10.3 Å². The van der Waals surface area contributed by atoms with Gasteiger partial charge in [-0.15, -0.1) is 0 Å². The maximum Gasteiger partial charge on any atom is 0.230 e. The summed E-state index contributed by atoms with van der Waals surface area (Å²) >= 11 is 5.61. The molecular formula is C9H6ClFN2O2. The van der Waals surface area contributed by atoms with Crippen LogP contribution >= 0.6 is 11.6 Å². The van der Waals surface area contributed by atoms with Crippen molar-refractivity contribution in [3.05, 3.63) is 29.2 Å². The Morgan fingerprint density at radius 1 is 1.40 bits per heavy atom. The number of nitrogens with zero attached hydrogens (tertiary/aromatic N) is 1. The number of nitrogen functional groups attached to an aromatic ring is 1. The lowest BCUT2D eigenvalue weighted by molar-refractivity contribution is 0.436. The smallest absolute Gasteiger partial charge is 0.230 e. The zero-order chi connectivity index (χ0) is 11.0. The van der Waals surface area contributed by atoms with Gasteiger partial charge in [0.2, 0.25) is 5.88 Å². The van der Waals surface area contributed by atoms with Crippen molar-refractivity contribution in [1.29, 1.82) is 0 Å². The third-order valence-electron chi connectivity index (χ3n) is 1.92. The molecule has 0 saturated heterocycles. The Balaban J connectivity index is 2.68. The summed E-state index contributed by atoms with van der Waals surface area (Å²) in [4.78, 5) is 0. The van der Waals surface area contributed by atoms with Crippen LogP contribution in [0, 0.1) is 5.82 Å². The van der Waals surface area contributed by atoms with Gasteiger partial charge in [0.25, 0.3) is 0 Å². The van der Waals surface area contributed by atoms with Gasteiger partial charge in [0.05, 0.1) is 16.8 Å². The largest absolute Gasteiger partial charge is 0.506 e. The molecule has 0 amide bonds. The van der Waals surface area contributed by atoms with Crippen LogP contribution in [0.15, 0.2) is 22.9 Å². The quantitative estimate of drug-likeness (QED) is 0.786. The number of nitrogens with two attached hydrogens (primary N) is 1. The summed E-state index contributed by atoms with van der Waals surface area (Å²) in [5.41, 5.74) is 5.89. The first-order chi connectivity index (χ1) is 7.09. The van der Waals surface area contributed by atoms with E-state index in [2.05, 4.69) is 9.68 Å². The van der Waals surface area contributed by atoms with Gasteiger partial charge in [0, 0.05) is 5.56 Å². The molecule has 4 nitrogen and oxygen atoms in total. The van der Waals surface area contributed by atoms with Crippen LogP contribution in [0.1, 0.15) is 0 Å². The van der Waals surface area contributed by atoms with Crippen molar-refractivity contribution >= 4 is 17.5 Å². The van der Waals surface area contributed by atoms with Crippen molar-refractivity contribution in [2.24, 2.45) is 0 Å². The van der Waals surface area contributed by atoms with Gasteiger partial charge in [-0.3, -0.25) is 0 Å². The molecular weight excluding hydrogens is 223 g/mol. The Hall–Kier alpha value is -1.75. The Bertz CT molecular complexity index is 513. The molecule has 15 heavy (non-hydrogen) atoms. The number of phenolic OH excluding ortho intramolecular Hbond substituents is 1. The van der Waals surface area contributed by atoms with Gasteiger partial charge in [-0.25, -0.2) is 4.39 Å². The van der Waals surface area contributed by atoms with Crippen molar-refractivity contribution < 1.29 is 14.0 Å². The number of hydrogen-bond acceptors (Lipinski definition) is 4. The molecule has 0 bridgehead atoms. The van der Waals surface area contributed by atoms with Crippen molar-refractivity contribution in [2.75, 3.05) is 5.73 Å². The normalized spacial score (nSPS) is 10.5. The first kappa shape index (κ1) is 9.79. The number of anilines is 1. The van der Waals surface area contributed by atoms with E-state index in [1.807, 2.05) is 0 Å². The fraction of sp³-hybridized carbons (Fsp3) is 0. The Kier molecular flexibility index (Phi) is 2.24. The minimum absolute atomic E-state index is 0.00744. The van der Waals surface area contributed by atoms with Crippen LogP contribution in [0.2, 0.25) is 5.02 Å². The summed E-state index contributed by atoms with van der Waals surface area (Å²) in [6, 6.07) is 2.11. The number of halogens is 2. The average molecular weight is 229 g/mol. The first-order valence-electron chi connectivity index (χ1n) is 3.98. The number of aromatic nitrogens is 1. The molecule has 2 rings (SSSR count). The van der Waals surface area contributed by atoms with E-state index in [9.17, 15) is 9.50 Å². The third kappa shape index (κ3) is 1.61. The Labute approximate surface area is 89.1 Å². The van der Waals surface area contributed by atoms with E-state index in [0.29, 0.717) is 5.56 Å². The molecule has 78 valence electrons. The van der Waals surface area contributed by atoms with E-state index in [4.69, 9.17) is 17.3 Å². The van der Waals surface area contributed by atoms with Crippen LogP contribution in [0.3, 0.4) is 0 Å². The number of phenols is 1. The molecule has 0 saturated carbocycles. The third-order valence-corrected chi connectivity index (χ3v) is 2.20. The molecule has 6 heteroatoms.